The lowest BCUT2D eigenvalue weighted by Crippen LogP contribution is -2.16. The van der Waals surface area contributed by atoms with Crippen molar-refractivity contribution in [2.45, 2.75) is 6.04 Å². The maximum Gasteiger partial charge on any atom is 0.0669 e. The maximum absolute atomic E-state index is 3.52. The van der Waals surface area contributed by atoms with Crippen LogP contribution in [0.4, 0.5) is 0 Å². The van der Waals surface area contributed by atoms with Gasteiger partial charge in [-0.05, 0) is 51.4 Å². The van der Waals surface area contributed by atoms with Gasteiger partial charge in [-0.1, -0.05) is 36.4 Å². The number of fused-ring (bicyclic) bond motifs is 1. The summed E-state index contributed by atoms with van der Waals surface area (Å²) in [6, 6.07) is 17.6. The summed E-state index contributed by atoms with van der Waals surface area (Å²) in [5.74, 6) is 0. The molecular formula is C16H14BrNS. The molecule has 96 valence electrons. The molecule has 0 radical (unpaired) electrons. The number of hydrogen-bond acceptors (Lipinski definition) is 2. The van der Waals surface area contributed by atoms with E-state index in [1.807, 2.05) is 7.05 Å². The third kappa shape index (κ3) is 2.59. The summed E-state index contributed by atoms with van der Waals surface area (Å²) in [4.78, 5) is 1.32. The predicted octanol–water partition coefficient (Wildman–Crippen LogP) is 4.97. The highest BCUT2D eigenvalue weighted by Crippen LogP contribution is 2.31. The number of halogens is 1. The Labute approximate surface area is 125 Å². The number of thiophene rings is 1. The lowest BCUT2D eigenvalue weighted by Gasteiger charge is -2.15. The van der Waals surface area contributed by atoms with Crippen LogP contribution in [0.15, 0.2) is 58.4 Å². The van der Waals surface area contributed by atoms with Crippen LogP contribution in [0, 0.1) is 0 Å². The Kier molecular flexibility index (Phi) is 3.69. The van der Waals surface area contributed by atoms with E-state index < -0.39 is 0 Å². The SMILES string of the molecule is CNC(c1ccc2ccccc2c1)c1cc(Br)cs1. The standard InChI is InChI=1S/C16H14BrNS/c1-18-16(15-9-14(17)10-19-15)13-7-6-11-4-2-3-5-12(11)8-13/h2-10,16,18H,1H3. The first-order valence-corrected chi connectivity index (χ1v) is 7.85. The minimum absolute atomic E-state index is 0.251. The Morgan fingerprint density at radius 1 is 1.05 bits per heavy atom. The van der Waals surface area contributed by atoms with Crippen molar-refractivity contribution in [1.82, 2.24) is 5.32 Å². The summed E-state index contributed by atoms with van der Waals surface area (Å²) in [5.41, 5.74) is 1.30. The molecule has 1 aromatic heterocycles. The van der Waals surface area contributed by atoms with Crippen LogP contribution in [0.3, 0.4) is 0 Å². The van der Waals surface area contributed by atoms with E-state index in [1.54, 1.807) is 11.3 Å². The van der Waals surface area contributed by atoms with E-state index in [2.05, 4.69) is 75.2 Å². The van der Waals surface area contributed by atoms with Gasteiger partial charge in [0.05, 0.1) is 6.04 Å². The van der Waals surface area contributed by atoms with E-state index in [4.69, 9.17) is 0 Å². The van der Waals surface area contributed by atoms with E-state index in [1.165, 1.54) is 21.2 Å². The summed E-state index contributed by atoms with van der Waals surface area (Å²) in [6.07, 6.45) is 0. The van der Waals surface area contributed by atoms with Crippen LogP contribution in [0.2, 0.25) is 0 Å². The molecule has 0 aliphatic carbocycles. The normalized spacial score (nSPS) is 12.7. The Morgan fingerprint density at radius 2 is 1.84 bits per heavy atom. The second-order valence-corrected chi connectivity index (χ2v) is 6.35. The number of nitrogens with one attached hydrogen (secondary N) is 1. The molecular weight excluding hydrogens is 318 g/mol. The minimum atomic E-state index is 0.251. The summed E-state index contributed by atoms with van der Waals surface area (Å²) in [7, 11) is 2.01. The van der Waals surface area contributed by atoms with Gasteiger partial charge in [0.25, 0.3) is 0 Å². The molecule has 3 aromatic rings. The lowest BCUT2D eigenvalue weighted by atomic mass is 10.0. The van der Waals surface area contributed by atoms with Crippen molar-refractivity contribution in [2.75, 3.05) is 7.05 Å². The molecule has 0 fully saturated rings. The number of rotatable bonds is 3. The average molecular weight is 332 g/mol. The third-order valence-electron chi connectivity index (χ3n) is 3.27. The van der Waals surface area contributed by atoms with Crippen molar-refractivity contribution in [3.8, 4) is 0 Å². The molecule has 2 aromatic carbocycles. The zero-order chi connectivity index (χ0) is 13.2. The van der Waals surface area contributed by atoms with Gasteiger partial charge in [-0.15, -0.1) is 11.3 Å². The predicted molar refractivity (Wildman–Crippen MR) is 86.9 cm³/mol. The minimum Gasteiger partial charge on any atom is -0.309 e. The van der Waals surface area contributed by atoms with E-state index in [0.29, 0.717) is 0 Å². The van der Waals surface area contributed by atoms with Crippen molar-refractivity contribution < 1.29 is 0 Å². The largest absolute Gasteiger partial charge is 0.309 e. The van der Waals surface area contributed by atoms with Crippen LogP contribution in [-0.2, 0) is 0 Å². The van der Waals surface area contributed by atoms with Crippen LogP contribution in [0.25, 0.3) is 10.8 Å². The molecule has 19 heavy (non-hydrogen) atoms. The highest BCUT2D eigenvalue weighted by molar-refractivity contribution is 9.10. The van der Waals surface area contributed by atoms with Crippen molar-refractivity contribution in [2.24, 2.45) is 0 Å². The maximum atomic E-state index is 3.52. The fourth-order valence-electron chi connectivity index (χ4n) is 2.34. The molecule has 0 saturated carbocycles. The molecule has 1 heterocycles. The van der Waals surface area contributed by atoms with Crippen LogP contribution < -0.4 is 5.32 Å². The first kappa shape index (κ1) is 12.9. The Morgan fingerprint density at radius 3 is 2.53 bits per heavy atom. The van der Waals surface area contributed by atoms with Gasteiger partial charge in [0, 0.05) is 14.7 Å². The Bertz CT molecular complexity index is 705. The van der Waals surface area contributed by atoms with E-state index >= 15 is 0 Å². The number of benzene rings is 2. The Balaban J connectivity index is 2.06. The van der Waals surface area contributed by atoms with Gasteiger partial charge in [-0.25, -0.2) is 0 Å². The van der Waals surface area contributed by atoms with Crippen molar-refractivity contribution in [3.05, 3.63) is 68.8 Å². The van der Waals surface area contributed by atoms with Crippen LogP contribution in [0.1, 0.15) is 16.5 Å². The van der Waals surface area contributed by atoms with E-state index in [9.17, 15) is 0 Å². The zero-order valence-electron chi connectivity index (χ0n) is 10.6. The van der Waals surface area contributed by atoms with Crippen LogP contribution in [0.5, 0.6) is 0 Å². The lowest BCUT2D eigenvalue weighted by molar-refractivity contribution is 0.704. The highest BCUT2D eigenvalue weighted by Gasteiger charge is 2.14. The molecule has 0 bridgehead atoms. The fraction of sp³-hybridized carbons (Fsp3) is 0.125. The summed E-state index contributed by atoms with van der Waals surface area (Å²) in [6.45, 7) is 0. The monoisotopic (exact) mass is 331 g/mol. The van der Waals surface area contributed by atoms with Gasteiger partial charge in [0.15, 0.2) is 0 Å². The summed E-state index contributed by atoms with van der Waals surface area (Å²) < 4.78 is 1.15. The zero-order valence-corrected chi connectivity index (χ0v) is 13.0. The topological polar surface area (TPSA) is 12.0 Å². The van der Waals surface area contributed by atoms with Crippen molar-refractivity contribution in [1.29, 1.82) is 0 Å². The first-order valence-electron chi connectivity index (χ1n) is 6.18. The molecule has 1 N–H and O–H groups in total. The number of hydrogen-bond donors (Lipinski definition) is 1. The molecule has 0 amide bonds. The quantitative estimate of drug-likeness (QED) is 0.714. The highest BCUT2D eigenvalue weighted by atomic mass is 79.9. The van der Waals surface area contributed by atoms with Gasteiger partial charge in [0.2, 0.25) is 0 Å². The van der Waals surface area contributed by atoms with E-state index in [-0.39, 0.29) is 6.04 Å². The van der Waals surface area contributed by atoms with Gasteiger partial charge < -0.3 is 5.32 Å². The van der Waals surface area contributed by atoms with E-state index in [0.717, 1.165) is 4.47 Å². The molecule has 1 nitrogen and oxygen atoms in total. The molecule has 0 aliphatic rings. The molecule has 0 aliphatic heterocycles. The summed E-state index contributed by atoms with van der Waals surface area (Å²) >= 11 is 5.30. The second kappa shape index (κ2) is 5.45. The first-order chi connectivity index (χ1) is 9.28. The molecule has 1 unspecified atom stereocenters. The summed E-state index contributed by atoms with van der Waals surface area (Å²) in [5, 5.41) is 8.10. The van der Waals surface area contributed by atoms with Crippen molar-refractivity contribution >= 4 is 38.0 Å². The van der Waals surface area contributed by atoms with Gasteiger partial charge in [0.1, 0.15) is 0 Å². The average Bonchev–Trinajstić information content (AvgIpc) is 2.86. The second-order valence-electron chi connectivity index (χ2n) is 4.50. The molecule has 0 saturated heterocycles. The van der Waals surface area contributed by atoms with Gasteiger partial charge in [-0.3, -0.25) is 0 Å². The van der Waals surface area contributed by atoms with Gasteiger partial charge >= 0.3 is 0 Å². The molecule has 3 heteroatoms. The van der Waals surface area contributed by atoms with Crippen LogP contribution in [-0.4, -0.2) is 7.05 Å². The van der Waals surface area contributed by atoms with Crippen LogP contribution >= 0.6 is 27.3 Å². The van der Waals surface area contributed by atoms with Crippen molar-refractivity contribution in [3.63, 3.8) is 0 Å². The smallest absolute Gasteiger partial charge is 0.0669 e. The molecule has 3 rings (SSSR count). The third-order valence-corrected chi connectivity index (χ3v) is 5.03. The molecule has 0 spiro atoms. The van der Waals surface area contributed by atoms with Gasteiger partial charge in [-0.2, -0.15) is 0 Å². The fourth-order valence-corrected chi connectivity index (χ4v) is 3.92. The Hall–Kier alpha value is -1.16. The molecule has 1 atom stereocenters.